The summed E-state index contributed by atoms with van der Waals surface area (Å²) in [6, 6.07) is 6.92. The summed E-state index contributed by atoms with van der Waals surface area (Å²) in [5.41, 5.74) is 0.791. The molecule has 132 valence electrons. The van der Waals surface area contributed by atoms with Crippen molar-refractivity contribution in [2.24, 2.45) is 0 Å². The number of imide groups is 1. The smallest absolute Gasteiger partial charge is 0.274 e. The number of H-pyrrole nitrogens is 1. The van der Waals surface area contributed by atoms with E-state index in [0.29, 0.717) is 29.4 Å². The summed E-state index contributed by atoms with van der Waals surface area (Å²) in [7, 11) is 0. The number of rotatable bonds is 8. The Kier molecular flexibility index (Phi) is 5.37. The first-order valence-electron chi connectivity index (χ1n) is 8.36. The first-order valence-corrected chi connectivity index (χ1v) is 9.35. The van der Waals surface area contributed by atoms with Crippen LogP contribution in [-0.4, -0.2) is 43.8 Å². The monoisotopic (exact) mass is 360 g/mol. The van der Waals surface area contributed by atoms with Crippen LogP contribution >= 0.6 is 11.8 Å². The molecule has 8 heteroatoms. The van der Waals surface area contributed by atoms with Crippen LogP contribution in [0.25, 0.3) is 0 Å². The Morgan fingerprint density at radius 3 is 2.36 bits per heavy atom. The summed E-state index contributed by atoms with van der Waals surface area (Å²) in [6.07, 6.45) is 2.42. The highest BCUT2D eigenvalue weighted by molar-refractivity contribution is 7.99. The number of amides is 2. The van der Waals surface area contributed by atoms with Crippen LogP contribution in [-0.2, 0) is 6.54 Å². The zero-order valence-corrected chi connectivity index (χ0v) is 14.8. The van der Waals surface area contributed by atoms with Gasteiger partial charge in [0.1, 0.15) is 0 Å². The van der Waals surface area contributed by atoms with Crippen molar-refractivity contribution in [3.8, 4) is 0 Å². The van der Waals surface area contributed by atoms with E-state index in [1.165, 1.54) is 16.7 Å². The molecule has 0 aliphatic carbocycles. The number of carbonyl (C=O) groups excluding carboxylic acids is 2. The lowest BCUT2D eigenvalue weighted by atomic mass is 10.1. The minimum atomic E-state index is -0.211. The molecule has 1 N–H and O–H groups in total. The highest BCUT2D eigenvalue weighted by atomic mass is 32.2. The van der Waals surface area contributed by atoms with Gasteiger partial charge in [0.05, 0.1) is 11.1 Å². The normalized spacial score (nSPS) is 13.6. The van der Waals surface area contributed by atoms with Crippen LogP contribution in [0.5, 0.6) is 0 Å². The standard InChI is InChI=1S/C17H20N4O3S/c1-2-9-21-16(24)18-19-17(21)25-11-6-5-10-20-14(22)12-7-3-4-8-13(12)15(20)23/h3-4,7-8H,2,5-6,9-11H2,1H3,(H,18,24). The van der Waals surface area contributed by atoms with Crippen molar-refractivity contribution >= 4 is 23.6 Å². The molecule has 1 aliphatic rings. The number of nitrogens with zero attached hydrogens (tertiary/aromatic N) is 3. The van der Waals surface area contributed by atoms with Gasteiger partial charge in [0, 0.05) is 18.8 Å². The molecule has 0 fully saturated rings. The average Bonchev–Trinajstić information content (AvgIpc) is 3.08. The number of fused-ring (bicyclic) bond motifs is 1. The van der Waals surface area contributed by atoms with E-state index in [1.807, 2.05) is 6.92 Å². The molecule has 3 rings (SSSR count). The number of hydrogen-bond acceptors (Lipinski definition) is 5. The molecule has 0 atom stereocenters. The molecule has 0 saturated carbocycles. The summed E-state index contributed by atoms with van der Waals surface area (Å²) < 4.78 is 1.63. The van der Waals surface area contributed by atoms with Gasteiger partial charge in [-0.05, 0) is 31.4 Å². The molecule has 2 heterocycles. The van der Waals surface area contributed by atoms with Crippen LogP contribution in [0.3, 0.4) is 0 Å². The van der Waals surface area contributed by atoms with Crippen LogP contribution in [0.2, 0.25) is 0 Å². The minimum absolute atomic E-state index is 0.185. The predicted octanol–water partition coefficient (Wildman–Crippen LogP) is 2.15. The number of unbranched alkanes of at least 4 members (excludes halogenated alkanes) is 1. The Labute approximate surface area is 149 Å². The summed E-state index contributed by atoms with van der Waals surface area (Å²) in [5, 5.41) is 7.19. The van der Waals surface area contributed by atoms with Gasteiger partial charge < -0.3 is 0 Å². The molecular weight excluding hydrogens is 340 g/mol. The second-order valence-electron chi connectivity index (χ2n) is 5.83. The van der Waals surface area contributed by atoms with Gasteiger partial charge in [-0.2, -0.15) is 0 Å². The first-order chi connectivity index (χ1) is 12.1. The third-order valence-electron chi connectivity index (χ3n) is 4.06. The lowest BCUT2D eigenvalue weighted by Gasteiger charge is -2.13. The van der Waals surface area contributed by atoms with E-state index in [4.69, 9.17) is 0 Å². The summed E-state index contributed by atoms with van der Waals surface area (Å²) in [5.74, 6) is 0.353. The second kappa shape index (κ2) is 7.69. The largest absolute Gasteiger partial charge is 0.343 e. The van der Waals surface area contributed by atoms with Gasteiger partial charge in [0.15, 0.2) is 5.16 Å². The third kappa shape index (κ3) is 3.53. The number of aromatic nitrogens is 3. The van der Waals surface area contributed by atoms with Crippen molar-refractivity contribution in [3.63, 3.8) is 0 Å². The topological polar surface area (TPSA) is 88.1 Å². The minimum Gasteiger partial charge on any atom is -0.274 e. The molecule has 2 aromatic rings. The van der Waals surface area contributed by atoms with Crippen LogP contribution in [0.15, 0.2) is 34.2 Å². The molecule has 1 aliphatic heterocycles. The molecule has 2 amide bonds. The highest BCUT2D eigenvalue weighted by Crippen LogP contribution is 2.23. The molecule has 1 aromatic heterocycles. The second-order valence-corrected chi connectivity index (χ2v) is 6.89. The van der Waals surface area contributed by atoms with Gasteiger partial charge in [-0.25, -0.2) is 9.89 Å². The average molecular weight is 360 g/mol. The van der Waals surface area contributed by atoms with E-state index >= 15 is 0 Å². The van der Waals surface area contributed by atoms with E-state index in [2.05, 4.69) is 10.2 Å². The number of benzene rings is 1. The third-order valence-corrected chi connectivity index (χ3v) is 5.12. The van der Waals surface area contributed by atoms with Crippen molar-refractivity contribution in [1.29, 1.82) is 0 Å². The van der Waals surface area contributed by atoms with Gasteiger partial charge in [-0.3, -0.25) is 19.1 Å². The van der Waals surface area contributed by atoms with Crippen LogP contribution in [0.4, 0.5) is 0 Å². The molecule has 0 spiro atoms. The number of hydrogen-bond donors (Lipinski definition) is 1. The zero-order chi connectivity index (χ0) is 17.8. The van der Waals surface area contributed by atoms with Crippen molar-refractivity contribution < 1.29 is 9.59 Å². The fourth-order valence-corrected chi connectivity index (χ4v) is 3.78. The molecule has 0 radical (unpaired) electrons. The summed E-state index contributed by atoms with van der Waals surface area (Å²) in [4.78, 5) is 37.5. The number of aromatic amines is 1. The Morgan fingerprint density at radius 2 is 1.72 bits per heavy atom. The molecule has 0 bridgehead atoms. The molecular formula is C17H20N4O3S. The molecule has 0 unspecified atom stereocenters. The maximum Gasteiger partial charge on any atom is 0.343 e. The molecule has 0 saturated heterocycles. The Balaban J connectivity index is 1.48. The zero-order valence-electron chi connectivity index (χ0n) is 14.0. The maximum absolute atomic E-state index is 12.3. The van der Waals surface area contributed by atoms with Gasteiger partial charge in [0.2, 0.25) is 0 Å². The maximum atomic E-state index is 12.3. The Morgan fingerprint density at radius 1 is 1.04 bits per heavy atom. The number of nitrogens with one attached hydrogen (secondary N) is 1. The SMILES string of the molecule is CCCn1c(SCCCCN2C(=O)c3ccccc3C2=O)n[nH]c1=O. The lowest BCUT2D eigenvalue weighted by Crippen LogP contribution is -2.30. The quantitative estimate of drug-likeness (QED) is 0.443. The van der Waals surface area contributed by atoms with Gasteiger partial charge in [-0.15, -0.1) is 5.10 Å². The van der Waals surface area contributed by atoms with Crippen LogP contribution < -0.4 is 5.69 Å². The van der Waals surface area contributed by atoms with Gasteiger partial charge in [-0.1, -0.05) is 30.8 Å². The fourth-order valence-electron chi connectivity index (χ4n) is 2.81. The van der Waals surface area contributed by atoms with E-state index in [0.717, 1.165) is 25.0 Å². The van der Waals surface area contributed by atoms with Gasteiger partial charge in [0.25, 0.3) is 11.8 Å². The van der Waals surface area contributed by atoms with E-state index in [9.17, 15) is 14.4 Å². The molecule has 25 heavy (non-hydrogen) atoms. The highest BCUT2D eigenvalue weighted by Gasteiger charge is 2.34. The molecule has 7 nitrogen and oxygen atoms in total. The number of thioether (sulfide) groups is 1. The Bertz CT molecular complexity index is 807. The van der Waals surface area contributed by atoms with Crippen LogP contribution in [0.1, 0.15) is 46.9 Å². The summed E-state index contributed by atoms with van der Waals surface area (Å²) in [6.45, 7) is 3.07. The first kappa shape index (κ1) is 17.5. The van der Waals surface area contributed by atoms with Gasteiger partial charge >= 0.3 is 5.69 Å². The van der Waals surface area contributed by atoms with Crippen molar-refractivity contribution in [1.82, 2.24) is 19.7 Å². The summed E-state index contributed by atoms with van der Waals surface area (Å²) >= 11 is 1.51. The van der Waals surface area contributed by atoms with Crippen molar-refractivity contribution in [3.05, 3.63) is 45.9 Å². The lowest BCUT2D eigenvalue weighted by molar-refractivity contribution is 0.0652. The fraction of sp³-hybridized carbons (Fsp3) is 0.412. The van der Waals surface area contributed by atoms with E-state index in [1.54, 1.807) is 28.8 Å². The van der Waals surface area contributed by atoms with E-state index in [-0.39, 0.29) is 17.5 Å². The molecule has 1 aromatic carbocycles. The van der Waals surface area contributed by atoms with E-state index < -0.39 is 0 Å². The van der Waals surface area contributed by atoms with Crippen molar-refractivity contribution in [2.75, 3.05) is 12.3 Å². The number of carbonyl (C=O) groups is 2. The predicted molar refractivity (Wildman–Crippen MR) is 94.9 cm³/mol. The Hall–Kier alpha value is -2.35. The van der Waals surface area contributed by atoms with Crippen molar-refractivity contribution in [2.45, 2.75) is 37.9 Å². The van der Waals surface area contributed by atoms with Crippen LogP contribution in [0, 0.1) is 0 Å².